The number of ether oxygens (including phenoxy) is 1. The lowest BCUT2D eigenvalue weighted by molar-refractivity contribution is 0.119. The molecule has 0 aliphatic rings. The van der Waals surface area contributed by atoms with Gasteiger partial charge in [0.15, 0.2) is 0 Å². The first-order valence-corrected chi connectivity index (χ1v) is 2.55. The molecule has 0 radical (unpaired) electrons. The van der Waals surface area contributed by atoms with Gasteiger partial charge in [-0.2, -0.15) is 0 Å². The van der Waals surface area contributed by atoms with Gasteiger partial charge in [0.25, 0.3) is 0 Å². The van der Waals surface area contributed by atoms with Gasteiger partial charge in [-0.25, -0.2) is 4.39 Å². The molecule has 0 aliphatic heterocycles. The minimum absolute atomic E-state index is 0.258. The summed E-state index contributed by atoms with van der Waals surface area (Å²) in [5.74, 6) is 0. The van der Waals surface area contributed by atoms with E-state index in [0.29, 0.717) is 6.61 Å². The second kappa shape index (κ2) is 5.89. The van der Waals surface area contributed by atoms with Crippen LogP contribution in [0.2, 0.25) is 0 Å². The normalized spacial score (nSPS) is 9.43. The van der Waals surface area contributed by atoms with Crippen molar-refractivity contribution in [1.82, 2.24) is 0 Å². The number of hydrogen-bond acceptors (Lipinski definition) is 1. The summed E-state index contributed by atoms with van der Waals surface area (Å²) in [6.07, 6.45) is 0.972. The maximum Gasteiger partial charge on any atom is 0.113 e. The van der Waals surface area contributed by atoms with E-state index in [-0.39, 0.29) is 13.3 Å². The fraction of sp³-hybridized carbons (Fsp3) is 1.00. The van der Waals surface area contributed by atoms with Gasteiger partial charge in [-0.05, 0) is 6.42 Å². The molecule has 0 saturated heterocycles. The molecule has 0 bridgehead atoms. The molecule has 1 nitrogen and oxygen atoms in total. The molecule has 0 amide bonds. The molecule has 7 heavy (non-hydrogen) atoms. The van der Waals surface area contributed by atoms with Gasteiger partial charge in [-0.15, -0.1) is 0 Å². The summed E-state index contributed by atoms with van der Waals surface area (Å²) in [4.78, 5) is 0. The predicted molar refractivity (Wildman–Crippen MR) is 27.1 cm³/mol. The van der Waals surface area contributed by atoms with Gasteiger partial charge >= 0.3 is 0 Å². The smallest absolute Gasteiger partial charge is 0.113 e. The van der Waals surface area contributed by atoms with Gasteiger partial charge in [-0.1, -0.05) is 6.92 Å². The highest BCUT2D eigenvalue weighted by Crippen LogP contribution is 1.78. The van der Waals surface area contributed by atoms with Crippen LogP contribution < -0.4 is 0 Å². The van der Waals surface area contributed by atoms with Crippen molar-refractivity contribution in [2.45, 2.75) is 13.3 Å². The summed E-state index contributed by atoms with van der Waals surface area (Å²) in [7, 11) is 0. The topological polar surface area (TPSA) is 9.23 Å². The maximum atomic E-state index is 11.2. The van der Waals surface area contributed by atoms with E-state index in [1.165, 1.54) is 0 Å². The van der Waals surface area contributed by atoms with E-state index in [1.54, 1.807) is 0 Å². The molecule has 0 rings (SSSR count). The van der Waals surface area contributed by atoms with Gasteiger partial charge in [0.05, 0.1) is 6.61 Å². The molecular formula is C5H11FO. The molecule has 0 spiro atoms. The number of hydrogen-bond donors (Lipinski definition) is 0. The molecule has 0 atom stereocenters. The Morgan fingerprint density at radius 2 is 2.14 bits per heavy atom. The SMILES string of the molecule is CCCOCC[18F]. The van der Waals surface area contributed by atoms with Gasteiger partial charge < -0.3 is 4.74 Å². The van der Waals surface area contributed by atoms with Crippen LogP contribution in [0, 0.1) is 0 Å². The summed E-state index contributed by atoms with van der Waals surface area (Å²) >= 11 is 0. The summed E-state index contributed by atoms with van der Waals surface area (Å²) in [6, 6.07) is 0. The zero-order valence-electron chi connectivity index (χ0n) is 4.61. The maximum absolute atomic E-state index is 11.2. The van der Waals surface area contributed by atoms with Crippen LogP contribution in [0.5, 0.6) is 0 Å². The van der Waals surface area contributed by atoms with Crippen LogP contribution in [0.25, 0.3) is 0 Å². The standard InChI is InChI=1S/C5H11FO/c1-2-4-7-5-3-6/h2-5H2,1H3/i6-1. The van der Waals surface area contributed by atoms with Crippen LogP contribution in [0.1, 0.15) is 13.3 Å². The van der Waals surface area contributed by atoms with Crippen molar-refractivity contribution in [2.75, 3.05) is 19.9 Å². The summed E-state index contributed by atoms with van der Waals surface area (Å²) in [6.45, 7) is 2.58. The van der Waals surface area contributed by atoms with Crippen molar-refractivity contribution in [2.24, 2.45) is 0 Å². The van der Waals surface area contributed by atoms with E-state index < -0.39 is 0 Å². The molecule has 2 heteroatoms. The first kappa shape index (κ1) is 6.89. The van der Waals surface area contributed by atoms with Gasteiger partial charge in [-0.3, -0.25) is 0 Å². The van der Waals surface area contributed by atoms with Crippen molar-refractivity contribution < 1.29 is 9.13 Å². The minimum atomic E-state index is -0.361. The Bertz CT molecular complexity index is 27.3. The average Bonchev–Trinajstić information content (AvgIpc) is 1.69. The van der Waals surface area contributed by atoms with Crippen LogP contribution in [0.3, 0.4) is 0 Å². The molecule has 0 fully saturated rings. The summed E-state index contributed by atoms with van der Waals surface area (Å²) < 4.78 is 15.9. The molecule has 0 aromatic heterocycles. The largest absolute Gasteiger partial charge is 0.379 e. The van der Waals surface area contributed by atoms with Crippen molar-refractivity contribution in [3.05, 3.63) is 0 Å². The Balaban J connectivity index is 2.45. The zero-order chi connectivity index (χ0) is 5.54. The molecule has 0 aromatic carbocycles. The summed E-state index contributed by atoms with van der Waals surface area (Å²) in [5.41, 5.74) is 0. The third-order valence-electron chi connectivity index (χ3n) is 0.570. The van der Waals surface area contributed by atoms with Crippen LogP contribution in [0.15, 0.2) is 0 Å². The molecule has 0 N–H and O–H groups in total. The van der Waals surface area contributed by atoms with Crippen LogP contribution >= 0.6 is 0 Å². The number of alkyl halides is 1. The third kappa shape index (κ3) is 5.89. The van der Waals surface area contributed by atoms with E-state index in [9.17, 15) is 4.39 Å². The minimum Gasteiger partial charge on any atom is -0.379 e. The van der Waals surface area contributed by atoms with Crippen molar-refractivity contribution >= 4 is 0 Å². The fourth-order valence-corrected chi connectivity index (χ4v) is 0.301. The lowest BCUT2D eigenvalue weighted by Crippen LogP contribution is -1.95. The second-order valence-corrected chi connectivity index (χ2v) is 1.30. The highest BCUT2D eigenvalue weighted by molar-refractivity contribution is 4.25. The van der Waals surface area contributed by atoms with E-state index >= 15 is 0 Å². The van der Waals surface area contributed by atoms with Crippen molar-refractivity contribution in [3.63, 3.8) is 0 Å². The predicted octanol–water partition coefficient (Wildman–Crippen LogP) is 1.38. The Labute approximate surface area is 43.5 Å². The molecule has 0 aliphatic carbocycles. The van der Waals surface area contributed by atoms with E-state index in [1.807, 2.05) is 6.92 Å². The molecule has 0 aromatic rings. The Morgan fingerprint density at radius 1 is 1.43 bits per heavy atom. The average molecular weight is 105 g/mol. The molecule has 0 unspecified atom stereocenters. The van der Waals surface area contributed by atoms with Crippen molar-refractivity contribution in [1.29, 1.82) is 0 Å². The quantitative estimate of drug-likeness (QED) is 0.491. The van der Waals surface area contributed by atoms with E-state index in [4.69, 9.17) is 4.74 Å². The molecule has 44 valence electrons. The highest BCUT2D eigenvalue weighted by atomic mass is 18.2. The number of rotatable bonds is 4. The lowest BCUT2D eigenvalue weighted by atomic mass is 10.5. The first-order chi connectivity index (χ1) is 3.41. The molecular weight excluding hydrogens is 94.1 g/mol. The van der Waals surface area contributed by atoms with Crippen LogP contribution in [0.4, 0.5) is 4.39 Å². The van der Waals surface area contributed by atoms with E-state index in [2.05, 4.69) is 0 Å². The van der Waals surface area contributed by atoms with Crippen molar-refractivity contribution in [3.8, 4) is 0 Å². The molecule has 0 saturated carbocycles. The zero-order valence-corrected chi connectivity index (χ0v) is 4.61. The van der Waals surface area contributed by atoms with Crippen LogP contribution in [-0.4, -0.2) is 19.9 Å². The fourth-order valence-electron chi connectivity index (χ4n) is 0.301. The van der Waals surface area contributed by atoms with Gasteiger partial charge in [0.2, 0.25) is 0 Å². The van der Waals surface area contributed by atoms with Gasteiger partial charge in [0, 0.05) is 6.61 Å². The summed E-state index contributed by atoms with van der Waals surface area (Å²) in [5, 5.41) is 0. The third-order valence-corrected chi connectivity index (χ3v) is 0.570. The van der Waals surface area contributed by atoms with E-state index in [0.717, 1.165) is 6.42 Å². The van der Waals surface area contributed by atoms with Gasteiger partial charge in [0.1, 0.15) is 6.67 Å². The number of halogens is 1. The Morgan fingerprint density at radius 3 is 2.57 bits per heavy atom. The second-order valence-electron chi connectivity index (χ2n) is 1.30. The monoisotopic (exact) mass is 105 g/mol. The lowest BCUT2D eigenvalue weighted by Gasteiger charge is -1.93. The Kier molecular flexibility index (Phi) is 5.80. The van der Waals surface area contributed by atoms with Crippen LogP contribution in [-0.2, 0) is 4.74 Å². The highest BCUT2D eigenvalue weighted by Gasteiger charge is 1.80. The Hall–Kier alpha value is -0.110. The molecule has 0 heterocycles. The first-order valence-electron chi connectivity index (χ1n) is 2.55.